The van der Waals surface area contributed by atoms with Gasteiger partial charge in [0.2, 0.25) is 12.5 Å². The minimum atomic E-state index is -1.33. The molecule has 13 nitrogen and oxygen atoms in total. The zero-order valence-corrected chi connectivity index (χ0v) is 35.1. The number of rotatable bonds is 14. The fraction of sp³-hybridized carbons (Fsp3) is 0.279. The Morgan fingerprint density at radius 2 is 1.58 bits per heavy atom. The van der Waals surface area contributed by atoms with Crippen molar-refractivity contribution in [1.29, 1.82) is 0 Å². The molecule has 7 rings (SSSR count). The lowest BCUT2D eigenvalue weighted by Crippen LogP contribution is -2.73. The van der Waals surface area contributed by atoms with Crippen LogP contribution in [-0.4, -0.2) is 85.4 Å². The third kappa shape index (κ3) is 8.79. The Bertz CT molecular complexity index is 2280. The number of carboxylic acid groups (broad SMARTS) is 1. The smallest absolute Gasteiger partial charge is 0.347 e. The van der Waals surface area contributed by atoms with E-state index in [2.05, 4.69) is 20.8 Å². The highest BCUT2D eigenvalue weighted by Crippen LogP contribution is 2.44. The average Bonchev–Trinajstić information content (AvgIpc) is 3.87. The number of aryl methyl sites for hydroxylation is 1. The summed E-state index contributed by atoms with van der Waals surface area (Å²) in [5, 5.41) is 22.4. The Balaban J connectivity index is 1.16. The monoisotopic (exact) mass is 850 g/mol. The number of hydrogen-bond acceptors (Lipinski definition) is 13. The Kier molecular flexibility index (Phi) is 12.0. The van der Waals surface area contributed by atoms with Gasteiger partial charge in [-0.3, -0.25) is 14.4 Å². The number of anilines is 1. The number of carbonyl (C=O) groups excluding carboxylic acids is 3. The van der Waals surface area contributed by atoms with E-state index in [9.17, 15) is 24.3 Å². The van der Waals surface area contributed by atoms with Crippen LogP contribution in [0, 0.1) is 12.3 Å². The van der Waals surface area contributed by atoms with Crippen LogP contribution in [0.1, 0.15) is 53.7 Å². The van der Waals surface area contributed by atoms with E-state index < -0.39 is 58.3 Å². The molecule has 16 heteroatoms. The molecule has 3 atom stereocenters. The summed E-state index contributed by atoms with van der Waals surface area (Å²) in [6, 6.07) is 28.9. The second kappa shape index (κ2) is 17.2. The van der Waals surface area contributed by atoms with Gasteiger partial charge in [-0.05, 0) is 50.5 Å². The van der Waals surface area contributed by atoms with E-state index in [0.717, 1.165) is 27.3 Å². The molecule has 2 aromatic heterocycles. The number of carboxylic acids is 1. The SMILES string of the molecule is Cc1ncsc1C=CC1(C(=O)O)CS[C@@H]2C(NC(=O)C(=NOCC(=O)OC(C)(C)C)c3csc(NC(c4ccccc4)(c4ccccc4)c4ccccc4)n3)C(=O)N2C1. The lowest BCUT2D eigenvalue weighted by atomic mass is 9.77. The molecule has 2 unspecified atom stereocenters. The Morgan fingerprint density at radius 1 is 0.966 bits per heavy atom. The van der Waals surface area contributed by atoms with Crippen LogP contribution < -0.4 is 10.6 Å². The molecule has 0 radical (unpaired) electrons. The first-order valence-corrected chi connectivity index (χ1v) is 21.5. The van der Waals surface area contributed by atoms with Gasteiger partial charge in [-0.25, -0.2) is 14.8 Å². The van der Waals surface area contributed by atoms with E-state index in [0.29, 0.717) is 5.13 Å². The van der Waals surface area contributed by atoms with Gasteiger partial charge in [0.05, 0.1) is 11.2 Å². The third-order valence-corrected chi connectivity index (χ3v) is 13.0. The molecule has 4 heterocycles. The summed E-state index contributed by atoms with van der Waals surface area (Å²) in [6.07, 6.45) is 3.37. The summed E-state index contributed by atoms with van der Waals surface area (Å²) in [7, 11) is 0. The number of aromatic nitrogens is 2. The zero-order valence-electron chi connectivity index (χ0n) is 32.7. The largest absolute Gasteiger partial charge is 0.481 e. The number of aliphatic carboxylic acids is 1. The first-order valence-electron chi connectivity index (χ1n) is 18.7. The van der Waals surface area contributed by atoms with E-state index in [1.165, 1.54) is 39.3 Å². The predicted molar refractivity (Wildman–Crippen MR) is 229 cm³/mol. The number of carbonyl (C=O) groups is 4. The maximum absolute atomic E-state index is 14.1. The topological polar surface area (TPSA) is 172 Å². The number of ether oxygens (including phenoxy) is 1. The quantitative estimate of drug-likeness (QED) is 0.0364. The highest BCUT2D eigenvalue weighted by Gasteiger charge is 2.57. The van der Waals surface area contributed by atoms with Crippen molar-refractivity contribution in [3.63, 3.8) is 0 Å². The number of esters is 1. The molecule has 5 aromatic rings. The number of thiazole rings is 2. The van der Waals surface area contributed by atoms with Gasteiger partial charge in [-0.2, -0.15) is 0 Å². The zero-order chi connectivity index (χ0) is 41.8. The van der Waals surface area contributed by atoms with Crippen molar-refractivity contribution in [1.82, 2.24) is 20.2 Å². The summed E-state index contributed by atoms with van der Waals surface area (Å²) in [4.78, 5) is 69.7. The van der Waals surface area contributed by atoms with Gasteiger partial charge in [0.15, 0.2) is 10.8 Å². The van der Waals surface area contributed by atoms with Gasteiger partial charge in [-0.15, -0.1) is 34.4 Å². The van der Waals surface area contributed by atoms with Crippen LogP contribution in [0.5, 0.6) is 0 Å². The Morgan fingerprint density at radius 3 is 2.12 bits per heavy atom. The van der Waals surface area contributed by atoms with Crippen molar-refractivity contribution in [3.05, 3.63) is 141 Å². The second-order valence-corrected chi connectivity index (χ2v) is 17.9. The van der Waals surface area contributed by atoms with Crippen molar-refractivity contribution < 1.29 is 33.9 Å². The van der Waals surface area contributed by atoms with Crippen molar-refractivity contribution in [2.24, 2.45) is 10.6 Å². The van der Waals surface area contributed by atoms with Gasteiger partial charge < -0.3 is 30.2 Å². The summed E-state index contributed by atoms with van der Waals surface area (Å²) >= 11 is 3.92. The van der Waals surface area contributed by atoms with Crippen molar-refractivity contribution in [2.45, 2.75) is 50.3 Å². The van der Waals surface area contributed by atoms with E-state index in [1.54, 1.807) is 43.8 Å². The standard InChI is InChI=1S/C43H42N6O7S3/c1-27-32(59-26-44-27)20-21-42(39(53)54)24-49-37(52)35(38(49)58-25-42)46-36(51)34(48-55-22-33(50)56-41(2,3)4)31-23-57-40(45-31)47-43(28-14-8-5-9-15-28,29-16-10-6-11-17-29)30-18-12-7-13-19-30/h5-21,23,26,35,38H,22,24-25H2,1-4H3,(H,45,47)(H,46,51)(H,53,54)/t35?,38-,42?/m1/s1. The number of amides is 2. The molecule has 2 saturated heterocycles. The average molecular weight is 851 g/mol. The first kappa shape index (κ1) is 41.3. The van der Waals surface area contributed by atoms with Crippen LogP contribution in [0.2, 0.25) is 0 Å². The fourth-order valence-corrected chi connectivity index (χ4v) is 9.88. The molecule has 0 aliphatic carbocycles. The molecule has 2 aliphatic heterocycles. The summed E-state index contributed by atoms with van der Waals surface area (Å²) in [5.41, 5.74) is 2.17. The van der Waals surface area contributed by atoms with Crippen LogP contribution in [-0.2, 0) is 34.3 Å². The van der Waals surface area contributed by atoms with Crippen molar-refractivity contribution in [3.8, 4) is 0 Å². The fourth-order valence-electron chi connectivity index (χ4n) is 6.92. The minimum absolute atomic E-state index is 0.0629. The number of nitrogens with zero attached hydrogens (tertiary/aromatic N) is 4. The number of benzene rings is 3. The molecule has 0 saturated carbocycles. The molecule has 2 aliphatic rings. The normalized spacial score (nSPS) is 19.4. The Hall–Kier alpha value is -5.84. The van der Waals surface area contributed by atoms with Crippen molar-refractivity contribution >= 4 is 75.1 Å². The summed E-state index contributed by atoms with van der Waals surface area (Å²) < 4.78 is 5.35. The summed E-state index contributed by atoms with van der Waals surface area (Å²) in [5.74, 6) is -2.77. The number of fused-ring (bicyclic) bond motifs is 1. The van der Waals surface area contributed by atoms with Crippen LogP contribution in [0.15, 0.2) is 113 Å². The van der Waals surface area contributed by atoms with Crippen molar-refractivity contribution in [2.75, 3.05) is 24.2 Å². The van der Waals surface area contributed by atoms with Crippen LogP contribution in [0.3, 0.4) is 0 Å². The van der Waals surface area contributed by atoms with Crippen LogP contribution >= 0.6 is 34.4 Å². The number of thioether (sulfide) groups is 1. The lowest BCUT2D eigenvalue weighted by Gasteiger charge is -2.53. The molecule has 59 heavy (non-hydrogen) atoms. The summed E-state index contributed by atoms with van der Waals surface area (Å²) in [6.45, 7) is 6.36. The number of hydrogen-bond donors (Lipinski definition) is 3. The van der Waals surface area contributed by atoms with Gasteiger partial charge in [-0.1, -0.05) is 102 Å². The van der Waals surface area contributed by atoms with E-state index in [-0.39, 0.29) is 23.7 Å². The van der Waals surface area contributed by atoms with Gasteiger partial charge in [0, 0.05) is 22.6 Å². The van der Waals surface area contributed by atoms with Gasteiger partial charge in [0.1, 0.15) is 33.7 Å². The first-order chi connectivity index (χ1) is 28.3. The molecule has 3 N–H and O–H groups in total. The molecular formula is C43H42N6O7S3. The lowest BCUT2D eigenvalue weighted by molar-refractivity contribution is -0.160. The van der Waals surface area contributed by atoms with E-state index >= 15 is 0 Å². The highest BCUT2D eigenvalue weighted by atomic mass is 32.2. The maximum Gasteiger partial charge on any atom is 0.347 e. The molecule has 0 bridgehead atoms. The Labute approximate surface area is 353 Å². The minimum Gasteiger partial charge on any atom is -0.481 e. The molecule has 3 aromatic carbocycles. The number of oxime groups is 1. The number of β-lactam (4-membered cyclic amide) rings is 1. The molecule has 304 valence electrons. The van der Waals surface area contributed by atoms with Crippen LogP contribution in [0.4, 0.5) is 5.13 Å². The molecular weight excluding hydrogens is 809 g/mol. The second-order valence-electron chi connectivity index (χ2n) is 15.0. The predicted octanol–water partition coefficient (Wildman–Crippen LogP) is 6.56. The molecule has 0 spiro atoms. The highest BCUT2D eigenvalue weighted by molar-refractivity contribution is 8.00. The maximum atomic E-state index is 14.1. The molecule has 2 amide bonds. The van der Waals surface area contributed by atoms with E-state index in [4.69, 9.17) is 14.6 Å². The van der Waals surface area contributed by atoms with E-state index in [1.807, 2.05) is 97.9 Å². The number of nitrogens with one attached hydrogen (secondary N) is 2. The molecule has 2 fully saturated rings. The van der Waals surface area contributed by atoms with Gasteiger partial charge >= 0.3 is 11.9 Å². The van der Waals surface area contributed by atoms with Gasteiger partial charge in [0.25, 0.3) is 5.91 Å². The third-order valence-electron chi connectivity index (χ3n) is 9.79. The van der Waals surface area contributed by atoms with Crippen LogP contribution in [0.25, 0.3) is 6.08 Å².